The summed E-state index contributed by atoms with van der Waals surface area (Å²) in [4.78, 5) is 24.7. The highest BCUT2D eigenvalue weighted by molar-refractivity contribution is 5.98. The Morgan fingerprint density at radius 3 is 2.12 bits per heavy atom. The van der Waals surface area contributed by atoms with E-state index in [2.05, 4.69) is 5.32 Å². The van der Waals surface area contributed by atoms with E-state index in [1.807, 2.05) is 32.0 Å². The Morgan fingerprint density at radius 1 is 0.962 bits per heavy atom. The molecule has 2 aromatic rings. The summed E-state index contributed by atoms with van der Waals surface area (Å²) < 4.78 is 15.5. The third-order valence-electron chi connectivity index (χ3n) is 3.88. The van der Waals surface area contributed by atoms with Crippen molar-refractivity contribution < 1.29 is 23.8 Å². The number of methoxy groups -OCH3 is 2. The lowest BCUT2D eigenvalue weighted by Crippen LogP contribution is -2.30. The van der Waals surface area contributed by atoms with Crippen LogP contribution in [0.1, 0.15) is 28.4 Å². The molecule has 2 aromatic carbocycles. The minimum absolute atomic E-state index is 0.243. The molecule has 6 heteroatoms. The molecule has 0 aromatic heterocycles. The van der Waals surface area contributed by atoms with E-state index in [1.54, 1.807) is 6.07 Å². The van der Waals surface area contributed by atoms with Crippen LogP contribution in [0, 0.1) is 13.8 Å². The van der Waals surface area contributed by atoms with Gasteiger partial charge in [0.05, 0.1) is 19.8 Å². The van der Waals surface area contributed by atoms with E-state index in [4.69, 9.17) is 14.2 Å². The molecule has 0 spiro atoms. The number of rotatable bonds is 6. The molecule has 0 aliphatic rings. The van der Waals surface area contributed by atoms with Gasteiger partial charge in [0.2, 0.25) is 0 Å². The highest BCUT2D eigenvalue weighted by atomic mass is 16.5. The maximum Gasteiger partial charge on any atom is 0.339 e. The molecule has 6 nitrogen and oxygen atoms in total. The summed E-state index contributed by atoms with van der Waals surface area (Å²) in [6.45, 7) is 5.40. The normalized spacial score (nSPS) is 11.4. The van der Waals surface area contributed by atoms with E-state index in [9.17, 15) is 9.59 Å². The number of carbonyl (C=O) groups excluding carboxylic acids is 2. The first-order chi connectivity index (χ1) is 12.3. The summed E-state index contributed by atoms with van der Waals surface area (Å²) in [6.07, 6.45) is -0.958. The standard InChI is InChI=1S/C20H23NO5/c1-12-6-7-18(13(2)8-12)21-19(22)14(3)26-20(23)15-9-16(24-4)11-17(10-15)25-5/h6-11,14H,1-5H3,(H,21,22). The van der Waals surface area contributed by atoms with Crippen molar-refractivity contribution in [3.63, 3.8) is 0 Å². The highest BCUT2D eigenvalue weighted by Gasteiger charge is 2.20. The Morgan fingerprint density at radius 2 is 1.58 bits per heavy atom. The minimum atomic E-state index is -0.958. The van der Waals surface area contributed by atoms with Gasteiger partial charge < -0.3 is 19.5 Å². The monoisotopic (exact) mass is 357 g/mol. The molecular formula is C20H23NO5. The second-order valence-electron chi connectivity index (χ2n) is 5.96. The van der Waals surface area contributed by atoms with Crippen LogP contribution in [0.4, 0.5) is 5.69 Å². The molecule has 2 rings (SSSR count). The summed E-state index contributed by atoms with van der Waals surface area (Å²) in [5, 5.41) is 2.77. The van der Waals surface area contributed by atoms with E-state index < -0.39 is 18.0 Å². The maximum atomic E-state index is 12.3. The van der Waals surface area contributed by atoms with E-state index in [-0.39, 0.29) is 5.56 Å². The summed E-state index contributed by atoms with van der Waals surface area (Å²) in [6, 6.07) is 10.4. The van der Waals surface area contributed by atoms with Crippen molar-refractivity contribution in [3.05, 3.63) is 53.1 Å². The van der Waals surface area contributed by atoms with Gasteiger partial charge in [-0.2, -0.15) is 0 Å². The van der Waals surface area contributed by atoms with Crippen molar-refractivity contribution in [3.8, 4) is 11.5 Å². The molecule has 0 radical (unpaired) electrons. The molecule has 0 aliphatic carbocycles. The van der Waals surface area contributed by atoms with E-state index in [0.29, 0.717) is 17.2 Å². The minimum Gasteiger partial charge on any atom is -0.497 e. The average Bonchev–Trinajstić information content (AvgIpc) is 2.63. The predicted octanol–water partition coefficient (Wildman–Crippen LogP) is 3.50. The Kier molecular flexibility index (Phi) is 6.22. The average molecular weight is 357 g/mol. The molecular weight excluding hydrogens is 334 g/mol. The van der Waals surface area contributed by atoms with E-state index in [1.165, 1.54) is 33.3 Å². The molecule has 1 atom stereocenters. The molecule has 26 heavy (non-hydrogen) atoms. The highest BCUT2D eigenvalue weighted by Crippen LogP contribution is 2.23. The number of amides is 1. The summed E-state index contributed by atoms with van der Waals surface area (Å²) in [5.74, 6) is -0.113. The summed E-state index contributed by atoms with van der Waals surface area (Å²) in [7, 11) is 2.98. The van der Waals surface area contributed by atoms with Crippen molar-refractivity contribution >= 4 is 17.6 Å². The number of hydrogen-bond donors (Lipinski definition) is 1. The van der Waals surface area contributed by atoms with Crippen LogP contribution in [-0.2, 0) is 9.53 Å². The van der Waals surface area contributed by atoms with E-state index >= 15 is 0 Å². The summed E-state index contributed by atoms with van der Waals surface area (Å²) >= 11 is 0. The van der Waals surface area contributed by atoms with Crippen molar-refractivity contribution in [2.24, 2.45) is 0 Å². The lowest BCUT2D eigenvalue weighted by atomic mass is 10.1. The fourth-order valence-electron chi connectivity index (χ4n) is 2.40. The second-order valence-corrected chi connectivity index (χ2v) is 5.96. The number of anilines is 1. The number of ether oxygens (including phenoxy) is 3. The number of nitrogens with one attached hydrogen (secondary N) is 1. The first-order valence-corrected chi connectivity index (χ1v) is 8.16. The Labute approximate surface area is 153 Å². The van der Waals surface area contributed by atoms with Gasteiger partial charge in [0, 0.05) is 11.8 Å². The Balaban J connectivity index is 2.07. The van der Waals surface area contributed by atoms with Crippen molar-refractivity contribution in [1.82, 2.24) is 0 Å². The van der Waals surface area contributed by atoms with Gasteiger partial charge in [-0.3, -0.25) is 4.79 Å². The molecule has 0 saturated carbocycles. The van der Waals surface area contributed by atoms with E-state index in [0.717, 1.165) is 11.1 Å². The van der Waals surface area contributed by atoms with Gasteiger partial charge in [0.15, 0.2) is 6.10 Å². The van der Waals surface area contributed by atoms with Crippen LogP contribution in [0.5, 0.6) is 11.5 Å². The van der Waals surface area contributed by atoms with Crippen molar-refractivity contribution in [2.75, 3.05) is 19.5 Å². The SMILES string of the molecule is COc1cc(OC)cc(C(=O)OC(C)C(=O)Nc2ccc(C)cc2C)c1. The van der Waals surface area contributed by atoms with Gasteiger partial charge in [-0.25, -0.2) is 4.79 Å². The third kappa shape index (κ3) is 4.75. The van der Waals surface area contributed by atoms with Crippen LogP contribution < -0.4 is 14.8 Å². The van der Waals surface area contributed by atoms with Gasteiger partial charge in [-0.05, 0) is 44.5 Å². The van der Waals surface area contributed by atoms with Crippen LogP contribution in [0.15, 0.2) is 36.4 Å². The van der Waals surface area contributed by atoms with Gasteiger partial charge in [-0.15, -0.1) is 0 Å². The largest absolute Gasteiger partial charge is 0.497 e. The van der Waals surface area contributed by atoms with Gasteiger partial charge >= 0.3 is 5.97 Å². The lowest BCUT2D eigenvalue weighted by molar-refractivity contribution is -0.123. The first-order valence-electron chi connectivity index (χ1n) is 8.16. The topological polar surface area (TPSA) is 73.9 Å². The first kappa shape index (κ1) is 19.3. The number of esters is 1. The molecule has 1 unspecified atom stereocenters. The zero-order chi connectivity index (χ0) is 19.3. The predicted molar refractivity (Wildman–Crippen MR) is 99.0 cm³/mol. The van der Waals surface area contributed by atoms with Gasteiger partial charge in [0.25, 0.3) is 5.91 Å². The number of hydrogen-bond acceptors (Lipinski definition) is 5. The van der Waals surface area contributed by atoms with Crippen LogP contribution in [0.3, 0.4) is 0 Å². The fourth-order valence-corrected chi connectivity index (χ4v) is 2.40. The van der Waals surface area contributed by atoms with Crippen molar-refractivity contribution in [1.29, 1.82) is 0 Å². The second kappa shape index (κ2) is 8.38. The fraction of sp³-hybridized carbons (Fsp3) is 0.300. The summed E-state index contributed by atoms with van der Waals surface area (Å²) in [5.41, 5.74) is 2.97. The third-order valence-corrected chi connectivity index (χ3v) is 3.88. The Hall–Kier alpha value is -3.02. The zero-order valence-corrected chi connectivity index (χ0v) is 15.6. The molecule has 138 valence electrons. The van der Waals surface area contributed by atoms with Crippen molar-refractivity contribution in [2.45, 2.75) is 26.9 Å². The van der Waals surface area contributed by atoms with Crippen LogP contribution in [0.2, 0.25) is 0 Å². The quantitative estimate of drug-likeness (QED) is 0.801. The smallest absolute Gasteiger partial charge is 0.339 e. The molecule has 0 aliphatic heterocycles. The number of carbonyl (C=O) groups is 2. The zero-order valence-electron chi connectivity index (χ0n) is 15.6. The van der Waals surface area contributed by atoms with Gasteiger partial charge in [-0.1, -0.05) is 17.7 Å². The number of aryl methyl sites for hydroxylation is 2. The molecule has 0 saturated heterocycles. The Bertz CT molecular complexity index is 794. The van der Waals surface area contributed by atoms with Crippen LogP contribution in [0.25, 0.3) is 0 Å². The van der Waals surface area contributed by atoms with Gasteiger partial charge in [0.1, 0.15) is 11.5 Å². The molecule has 0 fully saturated rings. The van der Waals surface area contributed by atoms with Crippen LogP contribution >= 0.6 is 0 Å². The lowest BCUT2D eigenvalue weighted by Gasteiger charge is -2.15. The number of benzene rings is 2. The molecule has 0 heterocycles. The van der Waals surface area contributed by atoms with Crippen LogP contribution in [-0.4, -0.2) is 32.2 Å². The molecule has 0 bridgehead atoms. The maximum absolute atomic E-state index is 12.3. The molecule has 1 amide bonds. The molecule has 1 N–H and O–H groups in total.